The average Bonchev–Trinajstić information content (AvgIpc) is 2.95. The van der Waals surface area contributed by atoms with Crippen LogP contribution >= 0.6 is 0 Å². The summed E-state index contributed by atoms with van der Waals surface area (Å²) in [7, 11) is 6.10. The predicted molar refractivity (Wildman–Crippen MR) is 99.3 cm³/mol. The lowest BCUT2D eigenvalue weighted by Crippen LogP contribution is -2.43. The van der Waals surface area contributed by atoms with Crippen molar-refractivity contribution in [3.8, 4) is 5.75 Å². The minimum Gasteiger partial charge on any atom is -0.497 e. The second-order valence-corrected chi connectivity index (χ2v) is 7.54. The number of fused-ring (bicyclic) bond motifs is 1. The summed E-state index contributed by atoms with van der Waals surface area (Å²) in [5, 5.41) is 0. The molecule has 2 aliphatic heterocycles. The Morgan fingerprint density at radius 3 is 2.67 bits per heavy atom. The molecule has 4 heteroatoms. The molecule has 0 aromatic heterocycles. The van der Waals surface area contributed by atoms with Gasteiger partial charge in [-0.15, -0.1) is 0 Å². The normalized spacial score (nSPS) is 24.5. The number of methoxy groups -OCH3 is 1. The molecule has 1 aromatic rings. The molecule has 1 aromatic carbocycles. The highest BCUT2D eigenvalue weighted by Crippen LogP contribution is 2.48. The largest absolute Gasteiger partial charge is 0.497 e. The van der Waals surface area contributed by atoms with Gasteiger partial charge < -0.3 is 19.3 Å². The van der Waals surface area contributed by atoms with E-state index in [1.807, 2.05) is 0 Å². The topological polar surface area (TPSA) is 24.9 Å². The van der Waals surface area contributed by atoms with Crippen molar-refractivity contribution in [1.82, 2.24) is 4.90 Å². The number of nitrogens with zero attached hydrogens (tertiary/aromatic N) is 2. The van der Waals surface area contributed by atoms with Crippen molar-refractivity contribution in [2.75, 3.05) is 52.4 Å². The zero-order valence-corrected chi connectivity index (χ0v) is 15.7. The molecule has 134 valence electrons. The second-order valence-electron chi connectivity index (χ2n) is 7.54. The molecule has 0 bridgehead atoms. The molecule has 0 aliphatic carbocycles. The minimum atomic E-state index is 0.229. The average molecular weight is 332 g/mol. The third-order valence-corrected chi connectivity index (χ3v) is 5.90. The number of anilines is 1. The smallest absolute Gasteiger partial charge is 0.119 e. The lowest BCUT2D eigenvalue weighted by atomic mass is 9.77. The third-order valence-electron chi connectivity index (χ3n) is 5.90. The third kappa shape index (κ3) is 3.27. The zero-order valence-electron chi connectivity index (χ0n) is 15.7. The highest BCUT2D eigenvalue weighted by molar-refractivity contribution is 5.65. The molecule has 2 aliphatic rings. The van der Waals surface area contributed by atoms with Crippen LogP contribution in [0.3, 0.4) is 0 Å². The molecule has 0 N–H and O–H groups in total. The molecule has 1 atom stereocenters. The maximum atomic E-state index is 5.59. The van der Waals surface area contributed by atoms with Crippen LogP contribution in [0.4, 0.5) is 5.69 Å². The molecule has 1 saturated heterocycles. The van der Waals surface area contributed by atoms with Crippen molar-refractivity contribution in [2.24, 2.45) is 0 Å². The van der Waals surface area contributed by atoms with E-state index in [9.17, 15) is 0 Å². The Morgan fingerprint density at radius 2 is 2.04 bits per heavy atom. The zero-order chi connectivity index (χ0) is 17.2. The fourth-order valence-electron chi connectivity index (χ4n) is 4.27. The lowest BCUT2D eigenvalue weighted by Gasteiger charge is -2.36. The Bertz CT molecular complexity index is 555. The van der Waals surface area contributed by atoms with E-state index in [2.05, 4.69) is 49.0 Å². The van der Waals surface area contributed by atoms with Gasteiger partial charge >= 0.3 is 0 Å². The summed E-state index contributed by atoms with van der Waals surface area (Å²) in [6.07, 6.45) is 4.63. The Kier molecular flexibility index (Phi) is 5.36. The molecule has 0 spiro atoms. The van der Waals surface area contributed by atoms with Gasteiger partial charge in [-0.1, -0.05) is 6.92 Å². The van der Waals surface area contributed by atoms with Gasteiger partial charge in [-0.3, -0.25) is 0 Å². The van der Waals surface area contributed by atoms with Gasteiger partial charge in [0.2, 0.25) is 0 Å². The molecule has 2 heterocycles. The molecular formula is C20H32N2O2. The first-order chi connectivity index (χ1) is 11.6. The molecule has 0 saturated carbocycles. The SMILES string of the molecule is CC[C@@]1(CCN(C)C)CN(C2CCOCC2)c2ccc(OC)cc21. The van der Waals surface area contributed by atoms with Gasteiger partial charge in [-0.25, -0.2) is 0 Å². The number of hydrogen-bond donors (Lipinski definition) is 0. The van der Waals surface area contributed by atoms with Crippen molar-refractivity contribution in [3.05, 3.63) is 23.8 Å². The van der Waals surface area contributed by atoms with Gasteiger partial charge in [-0.05, 0) is 70.1 Å². The van der Waals surface area contributed by atoms with Crippen LogP contribution in [0.25, 0.3) is 0 Å². The molecule has 1 fully saturated rings. The summed E-state index contributed by atoms with van der Waals surface area (Å²) in [4.78, 5) is 4.96. The van der Waals surface area contributed by atoms with Gasteiger partial charge in [0.15, 0.2) is 0 Å². The van der Waals surface area contributed by atoms with E-state index < -0.39 is 0 Å². The summed E-state index contributed by atoms with van der Waals surface area (Å²) in [5.41, 5.74) is 3.13. The van der Waals surface area contributed by atoms with E-state index in [0.29, 0.717) is 6.04 Å². The Hall–Kier alpha value is -1.26. The lowest BCUT2D eigenvalue weighted by molar-refractivity contribution is 0.0839. The van der Waals surface area contributed by atoms with E-state index in [-0.39, 0.29) is 5.41 Å². The van der Waals surface area contributed by atoms with Crippen LogP contribution in [0.2, 0.25) is 0 Å². The first-order valence-electron chi connectivity index (χ1n) is 9.27. The van der Waals surface area contributed by atoms with Crippen LogP contribution in [0, 0.1) is 0 Å². The van der Waals surface area contributed by atoms with Crippen molar-refractivity contribution >= 4 is 5.69 Å². The Labute approximate surface area is 146 Å². The van der Waals surface area contributed by atoms with Gasteiger partial charge in [-0.2, -0.15) is 0 Å². The monoisotopic (exact) mass is 332 g/mol. The van der Waals surface area contributed by atoms with E-state index in [0.717, 1.165) is 44.9 Å². The van der Waals surface area contributed by atoms with Crippen LogP contribution in [0.1, 0.15) is 38.2 Å². The van der Waals surface area contributed by atoms with E-state index in [1.54, 1.807) is 7.11 Å². The molecule has 0 radical (unpaired) electrons. The maximum absolute atomic E-state index is 5.59. The van der Waals surface area contributed by atoms with Crippen molar-refractivity contribution in [1.29, 1.82) is 0 Å². The van der Waals surface area contributed by atoms with Gasteiger partial charge in [0, 0.05) is 36.9 Å². The molecule has 3 rings (SSSR count). The first-order valence-corrected chi connectivity index (χ1v) is 9.27. The molecule has 0 unspecified atom stereocenters. The highest BCUT2D eigenvalue weighted by Gasteiger charge is 2.43. The summed E-state index contributed by atoms with van der Waals surface area (Å²) in [6, 6.07) is 7.28. The fraction of sp³-hybridized carbons (Fsp3) is 0.700. The second kappa shape index (κ2) is 7.32. The quantitative estimate of drug-likeness (QED) is 0.798. The van der Waals surface area contributed by atoms with E-state index >= 15 is 0 Å². The van der Waals surface area contributed by atoms with Gasteiger partial charge in [0.25, 0.3) is 0 Å². The Balaban J connectivity index is 1.96. The number of hydrogen-bond acceptors (Lipinski definition) is 4. The summed E-state index contributed by atoms with van der Waals surface area (Å²) >= 11 is 0. The number of rotatable bonds is 6. The first kappa shape index (κ1) is 17.6. The summed E-state index contributed by atoms with van der Waals surface area (Å²) in [6.45, 7) is 6.37. The standard InChI is InChI=1S/C20H32N2O2/c1-5-20(10-11-21(2)3)15-22(16-8-12-24-13-9-16)19-7-6-17(23-4)14-18(19)20/h6-7,14,16H,5,8-13,15H2,1-4H3/t20-/m1/s1. The van der Waals surface area contributed by atoms with Crippen molar-refractivity contribution in [3.63, 3.8) is 0 Å². The summed E-state index contributed by atoms with van der Waals surface area (Å²) < 4.78 is 11.1. The minimum absolute atomic E-state index is 0.229. The molecule has 4 nitrogen and oxygen atoms in total. The van der Waals surface area contributed by atoms with Crippen LogP contribution in [0.5, 0.6) is 5.75 Å². The van der Waals surface area contributed by atoms with Crippen molar-refractivity contribution < 1.29 is 9.47 Å². The van der Waals surface area contributed by atoms with Gasteiger partial charge in [0.1, 0.15) is 5.75 Å². The molecule has 24 heavy (non-hydrogen) atoms. The van der Waals surface area contributed by atoms with Gasteiger partial charge in [0.05, 0.1) is 7.11 Å². The van der Waals surface area contributed by atoms with Crippen LogP contribution < -0.4 is 9.64 Å². The highest BCUT2D eigenvalue weighted by atomic mass is 16.5. The molecule has 0 amide bonds. The van der Waals surface area contributed by atoms with Crippen LogP contribution in [-0.4, -0.2) is 58.5 Å². The van der Waals surface area contributed by atoms with Crippen molar-refractivity contribution in [2.45, 2.75) is 44.1 Å². The number of benzene rings is 1. The predicted octanol–water partition coefficient (Wildman–Crippen LogP) is 3.29. The van der Waals surface area contributed by atoms with Crippen LogP contribution in [0.15, 0.2) is 18.2 Å². The maximum Gasteiger partial charge on any atom is 0.119 e. The fourth-order valence-corrected chi connectivity index (χ4v) is 4.27. The van der Waals surface area contributed by atoms with E-state index in [4.69, 9.17) is 9.47 Å². The molecular weight excluding hydrogens is 300 g/mol. The number of ether oxygens (including phenoxy) is 2. The van der Waals surface area contributed by atoms with E-state index in [1.165, 1.54) is 24.1 Å². The Morgan fingerprint density at radius 1 is 1.29 bits per heavy atom. The van der Waals surface area contributed by atoms with Crippen LogP contribution in [-0.2, 0) is 10.2 Å². The summed E-state index contributed by atoms with van der Waals surface area (Å²) in [5.74, 6) is 0.977.